The maximum absolute atomic E-state index is 13.9. The standard InChI is InChI=1S/C29H24F4N2O3/c30-13-17-15-35(16-17)10-11-37-20-7-4-18(5-8-20)27-26-22-9-6-19(36)12-25(22)34-14-23(26)21-2-1-3-24(28(21)38-27)29(31,32)33/h1-9,12,14,17,27,36H,10-11,13,15-16H2. The van der Waals surface area contributed by atoms with Gasteiger partial charge in [-0.3, -0.25) is 14.3 Å². The van der Waals surface area contributed by atoms with Crippen LogP contribution in [0.5, 0.6) is 17.2 Å². The second kappa shape index (κ2) is 9.47. The van der Waals surface area contributed by atoms with Crippen molar-refractivity contribution in [3.05, 3.63) is 83.6 Å². The number of rotatable bonds is 6. The summed E-state index contributed by atoms with van der Waals surface area (Å²) in [6, 6.07) is 15.8. The van der Waals surface area contributed by atoms with E-state index in [2.05, 4.69) is 9.88 Å². The van der Waals surface area contributed by atoms with Crippen molar-refractivity contribution in [2.75, 3.05) is 32.9 Å². The first kappa shape index (κ1) is 24.5. The van der Waals surface area contributed by atoms with Crippen LogP contribution in [0.1, 0.15) is 22.8 Å². The normalized spacial score (nSPS) is 17.4. The second-order valence-corrected chi connectivity index (χ2v) is 9.66. The molecule has 1 N–H and O–H groups in total. The van der Waals surface area contributed by atoms with E-state index in [-0.39, 0.29) is 24.1 Å². The minimum absolute atomic E-state index is 0.0397. The molecular formula is C29H24F4N2O3. The molecule has 1 saturated heterocycles. The predicted molar refractivity (Wildman–Crippen MR) is 134 cm³/mol. The van der Waals surface area contributed by atoms with Crippen molar-refractivity contribution in [1.82, 2.24) is 9.88 Å². The molecule has 0 amide bonds. The highest BCUT2D eigenvalue weighted by atomic mass is 19.4. The van der Waals surface area contributed by atoms with Crippen LogP contribution in [-0.4, -0.2) is 47.9 Å². The molecule has 3 heterocycles. The molecular weight excluding hydrogens is 500 g/mol. The van der Waals surface area contributed by atoms with Crippen molar-refractivity contribution in [2.24, 2.45) is 5.92 Å². The molecule has 1 aromatic heterocycles. The summed E-state index contributed by atoms with van der Waals surface area (Å²) in [5, 5.41) is 10.6. The van der Waals surface area contributed by atoms with Gasteiger partial charge in [0.2, 0.25) is 0 Å². The van der Waals surface area contributed by atoms with Crippen molar-refractivity contribution in [2.45, 2.75) is 12.3 Å². The van der Waals surface area contributed by atoms with E-state index in [0.717, 1.165) is 19.2 Å². The minimum atomic E-state index is -4.60. The van der Waals surface area contributed by atoms with Gasteiger partial charge in [-0.1, -0.05) is 24.3 Å². The van der Waals surface area contributed by atoms with E-state index in [9.17, 15) is 22.7 Å². The number of benzene rings is 3. The summed E-state index contributed by atoms with van der Waals surface area (Å²) in [7, 11) is 0. The Morgan fingerprint density at radius 3 is 2.55 bits per heavy atom. The van der Waals surface area contributed by atoms with Crippen LogP contribution in [0.4, 0.5) is 17.6 Å². The fourth-order valence-corrected chi connectivity index (χ4v) is 5.20. The van der Waals surface area contributed by atoms with Crippen LogP contribution in [0.15, 0.2) is 66.9 Å². The highest BCUT2D eigenvalue weighted by Gasteiger charge is 2.39. The number of phenolic OH excluding ortho intramolecular Hbond substituents is 1. The fraction of sp³-hybridized carbons (Fsp3) is 0.276. The SMILES string of the molecule is Oc1ccc2c3c(cnc2c1)-c1cccc(C(F)(F)F)c1OC3c1ccc(OCCN2CC(CF)C2)cc1. The van der Waals surface area contributed by atoms with E-state index in [1.807, 2.05) is 0 Å². The van der Waals surface area contributed by atoms with Crippen LogP contribution in [0.25, 0.3) is 22.0 Å². The number of aromatic hydroxyl groups is 1. The molecule has 38 heavy (non-hydrogen) atoms. The molecule has 0 saturated carbocycles. The molecule has 0 spiro atoms. The second-order valence-electron chi connectivity index (χ2n) is 9.66. The van der Waals surface area contributed by atoms with Gasteiger partial charge in [-0.15, -0.1) is 0 Å². The van der Waals surface area contributed by atoms with Crippen LogP contribution < -0.4 is 9.47 Å². The molecule has 9 heteroatoms. The number of alkyl halides is 4. The molecule has 2 aliphatic heterocycles. The number of hydrogen-bond donors (Lipinski definition) is 1. The number of likely N-dealkylation sites (tertiary alicyclic amines) is 1. The van der Waals surface area contributed by atoms with Gasteiger partial charge >= 0.3 is 6.18 Å². The molecule has 0 aliphatic carbocycles. The smallest absolute Gasteiger partial charge is 0.419 e. The van der Waals surface area contributed by atoms with Gasteiger partial charge in [0.15, 0.2) is 6.10 Å². The summed E-state index contributed by atoms with van der Waals surface area (Å²) in [6.07, 6.45) is -3.91. The minimum Gasteiger partial charge on any atom is -0.508 e. The third kappa shape index (κ3) is 4.41. The third-order valence-electron chi connectivity index (χ3n) is 7.11. The largest absolute Gasteiger partial charge is 0.508 e. The molecule has 1 fully saturated rings. The monoisotopic (exact) mass is 524 g/mol. The van der Waals surface area contributed by atoms with Crippen LogP contribution in [-0.2, 0) is 6.18 Å². The number of ether oxygens (including phenoxy) is 2. The molecule has 0 bridgehead atoms. The van der Waals surface area contributed by atoms with Crippen molar-refractivity contribution in [1.29, 1.82) is 0 Å². The molecule has 1 atom stereocenters. The van der Waals surface area contributed by atoms with E-state index in [1.54, 1.807) is 36.4 Å². The zero-order valence-corrected chi connectivity index (χ0v) is 20.2. The predicted octanol–water partition coefficient (Wildman–Crippen LogP) is 6.39. The highest BCUT2D eigenvalue weighted by molar-refractivity contribution is 5.92. The summed E-state index contributed by atoms with van der Waals surface area (Å²) in [6.45, 7) is 2.31. The molecule has 5 nitrogen and oxygen atoms in total. The van der Waals surface area contributed by atoms with Gasteiger partial charge in [0.25, 0.3) is 0 Å². The van der Waals surface area contributed by atoms with Crippen molar-refractivity contribution < 1.29 is 32.1 Å². The lowest BCUT2D eigenvalue weighted by Gasteiger charge is -2.37. The van der Waals surface area contributed by atoms with Gasteiger partial charge in [-0.2, -0.15) is 13.2 Å². The first-order valence-electron chi connectivity index (χ1n) is 12.3. The number of nitrogens with zero attached hydrogens (tertiary/aromatic N) is 2. The molecule has 4 aromatic rings. The van der Waals surface area contributed by atoms with Gasteiger partial charge in [0, 0.05) is 59.9 Å². The van der Waals surface area contributed by atoms with E-state index < -0.39 is 17.8 Å². The van der Waals surface area contributed by atoms with Gasteiger partial charge in [-0.05, 0) is 35.9 Å². The first-order chi connectivity index (χ1) is 18.3. The van der Waals surface area contributed by atoms with Gasteiger partial charge in [0.1, 0.15) is 23.9 Å². The topological polar surface area (TPSA) is 54.8 Å². The molecule has 0 radical (unpaired) electrons. The molecule has 6 rings (SSSR count). The lowest BCUT2D eigenvalue weighted by molar-refractivity contribution is -0.139. The number of halogens is 4. The summed E-state index contributed by atoms with van der Waals surface area (Å²) in [4.78, 5) is 6.54. The van der Waals surface area contributed by atoms with Crippen LogP contribution in [0, 0.1) is 5.92 Å². The summed E-state index contributed by atoms with van der Waals surface area (Å²) in [5.74, 6) is 0.538. The lowest BCUT2D eigenvalue weighted by Crippen LogP contribution is -2.49. The zero-order valence-electron chi connectivity index (χ0n) is 20.2. The van der Waals surface area contributed by atoms with E-state index in [0.29, 0.717) is 52.1 Å². The van der Waals surface area contributed by atoms with E-state index in [1.165, 1.54) is 24.4 Å². The number of hydrogen-bond acceptors (Lipinski definition) is 5. The highest BCUT2D eigenvalue weighted by Crippen LogP contribution is 2.51. The van der Waals surface area contributed by atoms with Crippen molar-refractivity contribution in [3.8, 4) is 28.4 Å². The average molecular weight is 525 g/mol. The molecule has 196 valence electrons. The Kier molecular flexibility index (Phi) is 6.10. The molecule has 3 aromatic carbocycles. The Balaban J connectivity index is 1.35. The van der Waals surface area contributed by atoms with Crippen LogP contribution in [0.2, 0.25) is 0 Å². The van der Waals surface area contributed by atoms with Crippen LogP contribution >= 0.6 is 0 Å². The van der Waals surface area contributed by atoms with Gasteiger partial charge in [0.05, 0.1) is 17.8 Å². The van der Waals surface area contributed by atoms with Gasteiger partial charge < -0.3 is 14.6 Å². The third-order valence-corrected chi connectivity index (χ3v) is 7.11. The average Bonchev–Trinajstić information content (AvgIpc) is 2.88. The van der Waals surface area contributed by atoms with Crippen molar-refractivity contribution >= 4 is 10.9 Å². The lowest BCUT2D eigenvalue weighted by atomic mass is 9.87. The van der Waals surface area contributed by atoms with Crippen molar-refractivity contribution in [3.63, 3.8) is 0 Å². The summed E-state index contributed by atoms with van der Waals surface area (Å²) < 4.78 is 66.3. The maximum Gasteiger partial charge on any atom is 0.419 e. The number of pyridine rings is 1. The first-order valence-corrected chi connectivity index (χ1v) is 12.3. The molecule has 1 unspecified atom stereocenters. The Morgan fingerprint density at radius 1 is 1.03 bits per heavy atom. The summed E-state index contributed by atoms with van der Waals surface area (Å²) in [5.41, 5.74) is 1.84. The van der Waals surface area contributed by atoms with E-state index in [4.69, 9.17) is 9.47 Å². The number of para-hydroxylation sites is 1. The zero-order chi connectivity index (χ0) is 26.4. The van der Waals surface area contributed by atoms with Crippen LogP contribution in [0.3, 0.4) is 0 Å². The maximum atomic E-state index is 13.9. The Labute approximate surface area is 216 Å². The quantitative estimate of drug-likeness (QED) is 0.297. The molecule has 2 aliphatic rings. The Hall–Kier alpha value is -3.85. The number of phenols is 1. The number of fused-ring (bicyclic) bond motifs is 5. The Morgan fingerprint density at radius 2 is 1.82 bits per heavy atom. The number of aromatic nitrogens is 1. The summed E-state index contributed by atoms with van der Waals surface area (Å²) >= 11 is 0. The Bertz CT molecular complexity index is 1480. The fourth-order valence-electron chi connectivity index (χ4n) is 5.20. The van der Waals surface area contributed by atoms with Gasteiger partial charge in [-0.25, -0.2) is 0 Å². The van der Waals surface area contributed by atoms with E-state index >= 15 is 0 Å².